The summed E-state index contributed by atoms with van der Waals surface area (Å²) in [5.41, 5.74) is 4.58. The molecule has 2 unspecified atom stereocenters. The maximum atomic E-state index is 14.2. The Hall–Kier alpha value is -3.35. The largest absolute Gasteiger partial charge is 0.444 e. The summed E-state index contributed by atoms with van der Waals surface area (Å²) in [5, 5.41) is 5.74. The summed E-state index contributed by atoms with van der Waals surface area (Å²) in [5.74, 6) is -0.195. The van der Waals surface area contributed by atoms with Crippen LogP contribution >= 0.6 is 0 Å². The number of nitrogens with zero attached hydrogens (tertiary/aromatic N) is 1. The average Bonchev–Trinajstić information content (AvgIpc) is 2.81. The van der Waals surface area contributed by atoms with Crippen LogP contribution in [0.15, 0.2) is 36.4 Å². The highest BCUT2D eigenvalue weighted by molar-refractivity contribution is 5.99. The van der Waals surface area contributed by atoms with Gasteiger partial charge in [0.05, 0.1) is 0 Å². The number of para-hydroxylation sites is 1. The van der Waals surface area contributed by atoms with Gasteiger partial charge in [-0.15, -0.1) is 0 Å². The minimum Gasteiger partial charge on any atom is -0.444 e. The Morgan fingerprint density at radius 1 is 0.846 bits per heavy atom. The number of carbonyl (C=O) groups excluding carboxylic acids is 3. The van der Waals surface area contributed by atoms with E-state index in [4.69, 9.17) is 4.74 Å². The molecule has 0 aliphatic carbocycles. The van der Waals surface area contributed by atoms with E-state index in [0.29, 0.717) is 12.3 Å². The van der Waals surface area contributed by atoms with E-state index >= 15 is 0 Å². The first-order valence-electron chi connectivity index (χ1n) is 13.8. The van der Waals surface area contributed by atoms with Gasteiger partial charge in [-0.2, -0.15) is 0 Å². The lowest BCUT2D eigenvalue weighted by molar-refractivity contribution is -0.141. The summed E-state index contributed by atoms with van der Waals surface area (Å²) in [4.78, 5) is 42.2. The van der Waals surface area contributed by atoms with Crippen LogP contribution in [-0.4, -0.2) is 41.0 Å². The van der Waals surface area contributed by atoms with E-state index in [-0.39, 0.29) is 24.4 Å². The Labute approximate surface area is 234 Å². The van der Waals surface area contributed by atoms with Gasteiger partial charge in [0, 0.05) is 11.7 Å². The first-order valence-corrected chi connectivity index (χ1v) is 13.8. The zero-order valence-corrected chi connectivity index (χ0v) is 25.4. The number of nitrogens with one attached hydrogen (secondary N) is 2. The number of hydrogen-bond acceptors (Lipinski definition) is 4. The number of hydrogen-bond donors (Lipinski definition) is 2. The third-order valence-corrected chi connectivity index (χ3v) is 6.78. The number of ether oxygens (including phenoxy) is 1. The van der Waals surface area contributed by atoms with Crippen molar-refractivity contribution in [2.75, 3.05) is 11.9 Å². The van der Waals surface area contributed by atoms with Crippen molar-refractivity contribution in [2.24, 2.45) is 5.92 Å². The van der Waals surface area contributed by atoms with Crippen LogP contribution in [0.3, 0.4) is 0 Å². The van der Waals surface area contributed by atoms with Crippen molar-refractivity contribution in [1.82, 2.24) is 10.2 Å². The Balaban J connectivity index is 2.58. The van der Waals surface area contributed by atoms with Crippen molar-refractivity contribution in [2.45, 2.75) is 99.8 Å². The van der Waals surface area contributed by atoms with Gasteiger partial charge in [0.25, 0.3) is 5.91 Å². The second-order valence-corrected chi connectivity index (χ2v) is 11.9. The minimum absolute atomic E-state index is 0.256. The fourth-order valence-electron chi connectivity index (χ4n) is 4.77. The molecule has 0 bridgehead atoms. The molecule has 0 saturated carbocycles. The van der Waals surface area contributed by atoms with Gasteiger partial charge in [-0.1, -0.05) is 50.2 Å². The molecule has 0 aromatic heterocycles. The van der Waals surface area contributed by atoms with Gasteiger partial charge in [-0.05, 0) is 102 Å². The highest BCUT2D eigenvalue weighted by Crippen LogP contribution is 2.33. The van der Waals surface area contributed by atoms with Gasteiger partial charge in [0.15, 0.2) is 0 Å². The summed E-state index contributed by atoms with van der Waals surface area (Å²) in [6.45, 7) is 19.1. The van der Waals surface area contributed by atoms with E-state index < -0.39 is 17.7 Å². The van der Waals surface area contributed by atoms with Crippen molar-refractivity contribution in [3.8, 4) is 0 Å². The molecule has 2 N–H and O–H groups in total. The van der Waals surface area contributed by atoms with Crippen LogP contribution in [-0.2, 0) is 14.3 Å². The molecule has 3 amide bonds. The van der Waals surface area contributed by atoms with Crippen LogP contribution in [0.2, 0.25) is 0 Å². The second kappa shape index (κ2) is 13.6. The Morgan fingerprint density at radius 3 is 1.85 bits per heavy atom. The number of carbonyl (C=O) groups is 3. The molecule has 0 radical (unpaired) electrons. The SMILES string of the molecule is Cc1cccc(C)c1NC(=O)C(c1c(C)cccc1C)N(C(=O)CNC(=O)OC(C)(C)C)C(C)CCC(C)C. The molecule has 7 heteroatoms. The first-order chi connectivity index (χ1) is 18.1. The van der Waals surface area contributed by atoms with Gasteiger partial charge in [0.1, 0.15) is 18.2 Å². The van der Waals surface area contributed by atoms with Crippen molar-refractivity contribution in [3.05, 3.63) is 64.2 Å². The molecule has 0 spiro atoms. The number of rotatable bonds is 10. The van der Waals surface area contributed by atoms with E-state index in [1.54, 1.807) is 25.7 Å². The van der Waals surface area contributed by atoms with Gasteiger partial charge in [-0.3, -0.25) is 9.59 Å². The summed E-state index contributed by atoms with van der Waals surface area (Å²) >= 11 is 0. The molecule has 0 aliphatic heterocycles. The van der Waals surface area contributed by atoms with Crippen molar-refractivity contribution in [1.29, 1.82) is 0 Å². The van der Waals surface area contributed by atoms with Crippen molar-refractivity contribution in [3.63, 3.8) is 0 Å². The fraction of sp³-hybridized carbons (Fsp3) is 0.531. The lowest BCUT2D eigenvalue weighted by Gasteiger charge is -2.38. The number of anilines is 1. The molecule has 2 atom stereocenters. The molecule has 0 saturated heterocycles. The third kappa shape index (κ3) is 9.12. The molecule has 2 rings (SSSR count). The Bertz CT molecular complexity index is 1130. The molecule has 0 heterocycles. The van der Waals surface area contributed by atoms with Crippen molar-refractivity contribution < 1.29 is 19.1 Å². The number of alkyl carbamates (subject to hydrolysis) is 1. The third-order valence-electron chi connectivity index (χ3n) is 6.78. The summed E-state index contributed by atoms with van der Waals surface area (Å²) in [6, 6.07) is 10.6. The predicted octanol–water partition coefficient (Wildman–Crippen LogP) is 6.78. The fourth-order valence-corrected chi connectivity index (χ4v) is 4.77. The van der Waals surface area contributed by atoms with Crippen LogP contribution in [0.4, 0.5) is 10.5 Å². The molecule has 0 fully saturated rings. The molecule has 214 valence electrons. The normalized spacial score (nSPS) is 13.0. The summed E-state index contributed by atoms with van der Waals surface area (Å²) in [7, 11) is 0. The van der Waals surface area contributed by atoms with E-state index in [1.807, 2.05) is 71.0 Å². The molecule has 2 aromatic rings. The second-order valence-electron chi connectivity index (χ2n) is 11.9. The molecule has 0 aliphatic rings. The van der Waals surface area contributed by atoms with Gasteiger partial charge in [-0.25, -0.2) is 4.79 Å². The molecule has 2 aromatic carbocycles. The standard InChI is InChI=1S/C32H47N3O4/c1-20(2)17-18-25(7)35(26(36)19-33-31(38)39-32(8,9)10)29(27-21(3)13-11-14-22(27)4)30(37)34-28-23(5)15-12-16-24(28)6/h11-16,20,25,29H,17-19H2,1-10H3,(H,33,38)(H,34,37). The average molecular weight is 538 g/mol. The zero-order valence-electron chi connectivity index (χ0n) is 25.4. The molecular formula is C32H47N3O4. The van der Waals surface area contributed by atoms with E-state index in [2.05, 4.69) is 24.5 Å². The predicted molar refractivity (Wildman–Crippen MR) is 158 cm³/mol. The zero-order chi connectivity index (χ0) is 29.5. The maximum absolute atomic E-state index is 14.2. The van der Waals surface area contributed by atoms with E-state index in [1.165, 1.54) is 0 Å². The monoisotopic (exact) mass is 537 g/mol. The highest BCUT2D eigenvalue weighted by atomic mass is 16.6. The summed E-state index contributed by atoms with van der Waals surface area (Å²) < 4.78 is 5.34. The van der Waals surface area contributed by atoms with E-state index in [9.17, 15) is 14.4 Å². The number of benzene rings is 2. The highest BCUT2D eigenvalue weighted by Gasteiger charge is 2.37. The van der Waals surface area contributed by atoms with Crippen LogP contribution in [0.1, 0.15) is 88.2 Å². The quantitative estimate of drug-likeness (QED) is 0.350. The smallest absolute Gasteiger partial charge is 0.408 e. The Kier molecular flexibility index (Phi) is 11.1. The van der Waals surface area contributed by atoms with Crippen LogP contribution in [0.25, 0.3) is 0 Å². The van der Waals surface area contributed by atoms with E-state index in [0.717, 1.165) is 39.9 Å². The molecular weight excluding hydrogens is 490 g/mol. The summed E-state index contributed by atoms with van der Waals surface area (Å²) in [6.07, 6.45) is 0.936. The van der Waals surface area contributed by atoms with Gasteiger partial charge < -0.3 is 20.3 Å². The lowest BCUT2D eigenvalue weighted by Crippen LogP contribution is -2.50. The number of amides is 3. The van der Waals surface area contributed by atoms with Crippen LogP contribution < -0.4 is 10.6 Å². The van der Waals surface area contributed by atoms with Gasteiger partial charge in [0.2, 0.25) is 5.91 Å². The maximum Gasteiger partial charge on any atom is 0.408 e. The first kappa shape index (κ1) is 31.9. The Morgan fingerprint density at radius 2 is 1.36 bits per heavy atom. The lowest BCUT2D eigenvalue weighted by atomic mass is 9.92. The minimum atomic E-state index is -0.889. The molecule has 7 nitrogen and oxygen atoms in total. The number of aryl methyl sites for hydroxylation is 4. The molecule has 39 heavy (non-hydrogen) atoms. The topological polar surface area (TPSA) is 87.7 Å². The van der Waals surface area contributed by atoms with Crippen LogP contribution in [0, 0.1) is 33.6 Å². The van der Waals surface area contributed by atoms with Crippen molar-refractivity contribution >= 4 is 23.6 Å². The van der Waals surface area contributed by atoms with Crippen LogP contribution in [0.5, 0.6) is 0 Å². The van der Waals surface area contributed by atoms with Gasteiger partial charge >= 0.3 is 6.09 Å².